The molecular formula is C21H30BrNO3. The lowest BCUT2D eigenvalue weighted by atomic mass is 9.87. The molecule has 3 rings (SSSR count). The Hall–Kier alpha value is -0.910. The molecule has 144 valence electrons. The maximum atomic E-state index is 13.0. The summed E-state index contributed by atoms with van der Waals surface area (Å²) >= 11 is 3.52. The average molecular weight is 424 g/mol. The predicted molar refractivity (Wildman–Crippen MR) is 106 cm³/mol. The average Bonchev–Trinajstić information content (AvgIpc) is 3.04. The van der Waals surface area contributed by atoms with E-state index >= 15 is 0 Å². The van der Waals surface area contributed by atoms with E-state index in [2.05, 4.69) is 47.2 Å². The van der Waals surface area contributed by atoms with Gasteiger partial charge in [-0.25, -0.2) is 0 Å². The van der Waals surface area contributed by atoms with E-state index < -0.39 is 0 Å². The number of halogens is 1. The SMILES string of the molecule is CC(C)C[C@H](Cc1cccc(Br)c1)C(=O)NC1CCC2(CC1)OCCO2. The maximum Gasteiger partial charge on any atom is 0.223 e. The lowest BCUT2D eigenvalue weighted by Crippen LogP contribution is -2.46. The summed E-state index contributed by atoms with van der Waals surface area (Å²) in [4.78, 5) is 13.0. The zero-order valence-electron chi connectivity index (χ0n) is 15.8. The van der Waals surface area contributed by atoms with Crippen LogP contribution in [0.1, 0.15) is 51.5 Å². The van der Waals surface area contributed by atoms with Gasteiger partial charge in [0, 0.05) is 29.3 Å². The Morgan fingerprint density at radius 2 is 1.96 bits per heavy atom. The van der Waals surface area contributed by atoms with Crippen LogP contribution in [0.25, 0.3) is 0 Å². The summed E-state index contributed by atoms with van der Waals surface area (Å²) in [5.41, 5.74) is 1.20. The predicted octanol–water partition coefficient (Wildman–Crippen LogP) is 4.46. The topological polar surface area (TPSA) is 47.6 Å². The zero-order chi connectivity index (χ0) is 18.6. The van der Waals surface area contributed by atoms with Crippen LogP contribution in [-0.2, 0) is 20.7 Å². The van der Waals surface area contributed by atoms with Crippen LogP contribution in [0.2, 0.25) is 0 Å². The number of ether oxygens (including phenoxy) is 2. The molecule has 0 unspecified atom stereocenters. The van der Waals surface area contributed by atoms with Gasteiger partial charge < -0.3 is 14.8 Å². The Bertz CT molecular complexity index is 603. The molecule has 1 saturated heterocycles. The highest BCUT2D eigenvalue weighted by atomic mass is 79.9. The standard InChI is InChI=1S/C21H30BrNO3/c1-15(2)12-17(13-16-4-3-5-18(22)14-16)20(24)23-19-6-8-21(9-7-19)25-10-11-26-21/h3-5,14-15,17,19H,6-13H2,1-2H3,(H,23,24)/t17-/m1/s1. The summed E-state index contributed by atoms with van der Waals surface area (Å²) in [5, 5.41) is 3.30. The smallest absolute Gasteiger partial charge is 0.223 e. The van der Waals surface area contributed by atoms with Crippen molar-refractivity contribution in [2.45, 2.75) is 64.2 Å². The normalized spacial score (nSPS) is 21.2. The van der Waals surface area contributed by atoms with Gasteiger partial charge in [-0.15, -0.1) is 0 Å². The van der Waals surface area contributed by atoms with Crippen LogP contribution in [-0.4, -0.2) is 30.9 Å². The first-order chi connectivity index (χ1) is 12.5. The summed E-state index contributed by atoms with van der Waals surface area (Å²) in [5.74, 6) is 0.328. The van der Waals surface area contributed by atoms with Crippen molar-refractivity contribution < 1.29 is 14.3 Å². The molecule has 1 spiro atoms. The number of amides is 1. The van der Waals surface area contributed by atoms with Gasteiger partial charge in [0.25, 0.3) is 0 Å². The molecule has 2 aliphatic rings. The Kier molecular flexibility index (Phi) is 6.76. The van der Waals surface area contributed by atoms with E-state index in [9.17, 15) is 4.79 Å². The minimum absolute atomic E-state index is 0.0131. The van der Waals surface area contributed by atoms with E-state index in [0.29, 0.717) is 19.1 Å². The van der Waals surface area contributed by atoms with Gasteiger partial charge in [-0.1, -0.05) is 41.9 Å². The summed E-state index contributed by atoms with van der Waals surface area (Å²) in [6.45, 7) is 5.75. The second-order valence-corrected chi connectivity index (χ2v) is 8.97. The van der Waals surface area contributed by atoms with E-state index in [-0.39, 0.29) is 23.7 Å². The highest BCUT2D eigenvalue weighted by Crippen LogP contribution is 2.36. The number of carbonyl (C=O) groups excluding carboxylic acids is 1. The maximum absolute atomic E-state index is 13.0. The van der Waals surface area contributed by atoms with Crippen LogP contribution in [0.3, 0.4) is 0 Å². The lowest BCUT2D eigenvalue weighted by Gasteiger charge is -2.36. The van der Waals surface area contributed by atoms with Crippen LogP contribution < -0.4 is 5.32 Å². The third-order valence-electron chi connectivity index (χ3n) is 5.41. The van der Waals surface area contributed by atoms with Crippen LogP contribution in [0.15, 0.2) is 28.7 Å². The fourth-order valence-corrected chi connectivity index (χ4v) is 4.55. The molecule has 1 saturated carbocycles. The molecule has 0 radical (unpaired) electrons. The van der Waals surface area contributed by atoms with E-state index in [1.54, 1.807) is 0 Å². The number of carbonyl (C=O) groups is 1. The fourth-order valence-electron chi connectivity index (χ4n) is 4.11. The molecule has 1 atom stereocenters. The molecule has 1 aromatic carbocycles. The molecule has 1 heterocycles. The summed E-state index contributed by atoms with van der Waals surface area (Å²) in [6, 6.07) is 8.50. The van der Waals surface area contributed by atoms with Gasteiger partial charge in [0.2, 0.25) is 5.91 Å². The number of hydrogen-bond donors (Lipinski definition) is 1. The highest BCUT2D eigenvalue weighted by molar-refractivity contribution is 9.10. The minimum Gasteiger partial charge on any atom is -0.353 e. The van der Waals surface area contributed by atoms with Crippen LogP contribution in [0.5, 0.6) is 0 Å². The first-order valence-electron chi connectivity index (χ1n) is 9.78. The van der Waals surface area contributed by atoms with Crippen molar-refractivity contribution in [2.75, 3.05) is 13.2 Å². The largest absolute Gasteiger partial charge is 0.353 e. The minimum atomic E-state index is -0.366. The highest BCUT2D eigenvalue weighted by Gasteiger charge is 2.40. The van der Waals surface area contributed by atoms with Crippen molar-refractivity contribution in [3.8, 4) is 0 Å². The quantitative estimate of drug-likeness (QED) is 0.734. The Morgan fingerprint density at radius 3 is 2.58 bits per heavy atom. The van der Waals surface area contributed by atoms with Crippen molar-refractivity contribution in [2.24, 2.45) is 11.8 Å². The van der Waals surface area contributed by atoms with Gasteiger partial charge in [-0.2, -0.15) is 0 Å². The van der Waals surface area contributed by atoms with Crippen molar-refractivity contribution in [3.63, 3.8) is 0 Å². The Morgan fingerprint density at radius 1 is 1.27 bits per heavy atom. The third kappa shape index (κ3) is 5.30. The summed E-state index contributed by atoms with van der Waals surface area (Å²) < 4.78 is 12.6. The molecule has 1 aliphatic heterocycles. The summed E-state index contributed by atoms with van der Waals surface area (Å²) in [6.07, 6.45) is 5.29. The van der Waals surface area contributed by atoms with Crippen LogP contribution >= 0.6 is 15.9 Å². The molecule has 5 heteroatoms. The van der Waals surface area contributed by atoms with E-state index in [1.165, 1.54) is 5.56 Å². The van der Waals surface area contributed by atoms with Crippen molar-refractivity contribution in [1.29, 1.82) is 0 Å². The monoisotopic (exact) mass is 423 g/mol. The molecule has 1 aliphatic carbocycles. The van der Waals surface area contributed by atoms with Gasteiger partial charge in [0.1, 0.15) is 0 Å². The molecule has 0 bridgehead atoms. The van der Waals surface area contributed by atoms with Crippen molar-refractivity contribution in [1.82, 2.24) is 5.32 Å². The molecular weight excluding hydrogens is 394 g/mol. The first kappa shape index (κ1) is 19.8. The molecule has 4 nitrogen and oxygen atoms in total. The first-order valence-corrected chi connectivity index (χ1v) is 10.6. The van der Waals surface area contributed by atoms with E-state index in [4.69, 9.17) is 9.47 Å². The molecule has 2 fully saturated rings. The Labute approximate surface area is 165 Å². The van der Waals surface area contributed by atoms with Crippen LogP contribution in [0, 0.1) is 11.8 Å². The van der Waals surface area contributed by atoms with E-state index in [0.717, 1.165) is 43.0 Å². The van der Waals surface area contributed by atoms with Gasteiger partial charge in [0.05, 0.1) is 13.2 Å². The van der Waals surface area contributed by atoms with Crippen LogP contribution in [0.4, 0.5) is 0 Å². The lowest BCUT2D eigenvalue weighted by molar-refractivity contribution is -0.180. The second kappa shape index (κ2) is 8.85. The Balaban J connectivity index is 1.57. The number of hydrogen-bond acceptors (Lipinski definition) is 3. The molecule has 1 aromatic rings. The molecule has 1 N–H and O–H groups in total. The zero-order valence-corrected chi connectivity index (χ0v) is 17.4. The number of rotatable bonds is 6. The van der Waals surface area contributed by atoms with Gasteiger partial charge >= 0.3 is 0 Å². The van der Waals surface area contributed by atoms with Crippen molar-refractivity contribution >= 4 is 21.8 Å². The van der Waals surface area contributed by atoms with Gasteiger partial charge in [0.15, 0.2) is 5.79 Å². The van der Waals surface area contributed by atoms with Gasteiger partial charge in [-0.3, -0.25) is 4.79 Å². The molecule has 1 amide bonds. The molecule has 26 heavy (non-hydrogen) atoms. The fraction of sp³-hybridized carbons (Fsp3) is 0.667. The van der Waals surface area contributed by atoms with Gasteiger partial charge in [-0.05, 0) is 49.3 Å². The number of benzene rings is 1. The van der Waals surface area contributed by atoms with E-state index in [1.807, 2.05) is 12.1 Å². The number of nitrogens with one attached hydrogen (secondary N) is 1. The van der Waals surface area contributed by atoms with Crippen molar-refractivity contribution in [3.05, 3.63) is 34.3 Å². The summed E-state index contributed by atoms with van der Waals surface area (Å²) in [7, 11) is 0. The third-order valence-corrected chi connectivity index (χ3v) is 5.90. The second-order valence-electron chi connectivity index (χ2n) is 8.05. The molecule has 0 aromatic heterocycles.